The predicted molar refractivity (Wildman–Crippen MR) is 113 cm³/mol. The number of carbonyl (C=O) groups is 1. The number of thiophene rings is 1. The normalized spacial score (nSPS) is 10.9. The van der Waals surface area contributed by atoms with Crippen LogP contribution in [0.15, 0.2) is 23.6 Å². The molecule has 0 bridgehead atoms. The van der Waals surface area contributed by atoms with Crippen LogP contribution >= 0.6 is 11.3 Å². The second-order valence-electron chi connectivity index (χ2n) is 7.29. The van der Waals surface area contributed by atoms with Crippen molar-refractivity contribution in [2.75, 3.05) is 0 Å². The molecule has 0 aliphatic heterocycles. The van der Waals surface area contributed by atoms with E-state index in [1.807, 2.05) is 37.0 Å². The highest BCUT2D eigenvalue weighted by molar-refractivity contribution is 7.12. The van der Waals surface area contributed by atoms with E-state index < -0.39 is 0 Å². The van der Waals surface area contributed by atoms with Crippen LogP contribution in [0.25, 0.3) is 0 Å². The molecule has 3 aromatic rings. The van der Waals surface area contributed by atoms with Crippen molar-refractivity contribution in [3.63, 3.8) is 0 Å². The van der Waals surface area contributed by atoms with Crippen LogP contribution in [0.3, 0.4) is 0 Å². The summed E-state index contributed by atoms with van der Waals surface area (Å²) in [7, 11) is 1.91. The summed E-state index contributed by atoms with van der Waals surface area (Å²) < 4.78 is 7.87. The van der Waals surface area contributed by atoms with E-state index >= 15 is 0 Å². The Hall–Kier alpha value is -2.60. The summed E-state index contributed by atoms with van der Waals surface area (Å²) in [5, 5.41) is 9.37. The number of benzene rings is 1. The van der Waals surface area contributed by atoms with E-state index in [1.165, 1.54) is 16.9 Å². The summed E-state index contributed by atoms with van der Waals surface area (Å²) in [4.78, 5) is 13.2. The maximum atomic E-state index is 12.5. The lowest BCUT2D eigenvalue weighted by Gasteiger charge is -2.12. The molecule has 28 heavy (non-hydrogen) atoms. The van der Waals surface area contributed by atoms with Gasteiger partial charge in [-0.1, -0.05) is 17.7 Å². The van der Waals surface area contributed by atoms with Crippen molar-refractivity contribution in [1.82, 2.24) is 15.1 Å². The van der Waals surface area contributed by atoms with Crippen molar-refractivity contribution in [2.45, 2.75) is 47.8 Å². The minimum atomic E-state index is -0.0680. The fourth-order valence-corrected chi connectivity index (χ4v) is 4.26. The molecule has 148 valence electrons. The lowest BCUT2D eigenvalue weighted by atomic mass is 10.1. The highest BCUT2D eigenvalue weighted by Crippen LogP contribution is 2.26. The van der Waals surface area contributed by atoms with Gasteiger partial charge in [-0.3, -0.25) is 9.48 Å². The molecule has 1 N–H and O–H groups in total. The van der Waals surface area contributed by atoms with Gasteiger partial charge in [0, 0.05) is 30.4 Å². The van der Waals surface area contributed by atoms with Gasteiger partial charge in [-0.05, 0) is 57.2 Å². The van der Waals surface area contributed by atoms with E-state index in [1.54, 1.807) is 0 Å². The van der Waals surface area contributed by atoms with E-state index in [2.05, 4.69) is 43.3 Å². The van der Waals surface area contributed by atoms with Crippen LogP contribution in [0.5, 0.6) is 5.75 Å². The molecular formula is C22H27N3O2S. The molecule has 5 nitrogen and oxygen atoms in total. The van der Waals surface area contributed by atoms with Gasteiger partial charge in [0.25, 0.3) is 5.91 Å². The van der Waals surface area contributed by atoms with Crippen LogP contribution < -0.4 is 10.1 Å². The molecule has 1 amide bonds. The molecular weight excluding hydrogens is 370 g/mol. The topological polar surface area (TPSA) is 56.1 Å². The Morgan fingerprint density at radius 2 is 1.82 bits per heavy atom. The largest absolute Gasteiger partial charge is 0.488 e. The van der Waals surface area contributed by atoms with Crippen molar-refractivity contribution < 1.29 is 9.53 Å². The first-order valence-electron chi connectivity index (χ1n) is 9.31. The fourth-order valence-electron chi connectivity index (χ4n) is 3.45. The number of carbonyl (C=O) groups excluding carboxylic acids is 1. The lowest BCUT2D eigenvalue weighted by Crippen LogP contribution is -2.22. The minimum Gasteiger partial charge on any atom is -0.488 e. The average molecular weight is 398 g/mol. The van der Waals surface area contributed by atoms with E-state index in [0.29, 0.717) is 18.0 Å². The first kappa shape index (κ1) is 20.1. The second kappa shape index (κ2) is 8.19. The molecule has 0 atom stereocenters. The zero-order valence-electron chi connectivity index (χ0n) is 17.3. The predicted octanol–water partition coefficient (Wildman–Crippen LogP) is 4.53. The lowest BCUT2D eigenvalue weighted by molar-refractivity contribution is 0.0955. The van der Waals surface area contributed by atoms with Crippen LogP contribution in [0.1, 0.15) is 48.9 Å². The summed E-state index contributed by atoms with van der Waals surface area (Å²) >= 11 is 1.44. The highest BCUT2D eigenvalue weighted by atomic mass is 32.1. The van der Waals surface area contributed by atoms with Gasteiger partial charge in [-0.25, -0.2) is 0 Å². The smallest absolute Gasteiger partial charge is 0.261 e. The summed E-state index contributed by atoms with van der Waals surface area (Å²) in [6, 6.07) is 6.15. The van der Waals surface area contributed by atoms with Crippen molar-refractivity contribution >= 4 is 17.2 Å². The molecule has 0 spiro atoms. The Morgan fingerprint density at radius 3 is 2.43 bits per heavy atom. The van der Waals surface area contributed by atoms with Gasteiger partial charge in [0.05, 0.1) is 10.6 Å². The third kappa shape index (κ3) is 4.28. The highest BCUT2D eigenvalue weighted by Gasteiger charge is 2.14. The SMILES string of the molecule is Cc1cc(C)c(OCc2csc(C(=O)NCc3c(C)nn(C)c3C)c2)c(C)c1. The summed E-state index contributed by atoms with van der Waals surface area (Å²) in [6.07, 6.45) is 0. The van der Waals surface area contributed by atoms with Gasteiger partial charge >= 0.3 is 0 Å². The molecule has 2 aromatic heterocycles. The Kier molecular flexibility index (Phi) is 5.89. The first-order chi connectivity index (χ1) is 13.3. The molecule has 3 rings (SSSR count). The van der Waals surface area contributed by atoms with E-state index in [-0.39, 0.29) is 5.91 Å². The molecule has 0 radical (unpaired) electrons. The van der Waals surface area contributed by atoms with Gasteiger partial charge in [0.1, 0.15) is 12.4 Å². The van der Waals surface area contributed by atoms with Gasteiger partial charge in [-0.2, -0.15) is 5.10 Å². The summed E-state index contributed by atoms with van der Waals surface area (Å²) in [5.41, 5.74) is 7.59. The molecule has 0 fully saturated rings. The van der Waals surface area contributed by atoms with Crippen LogP contribution in [-0.2, 0) is 20.2 Å². The van der Waals surface area contributed by atoms with E-state index in [0.717, 1.165) is 39.4 Å². The molecule has 6 heteroatoms. The first-order valence-corrected chi connectivity index (χ1v) is 10.2. The number of aromatic nitrogens is 2. The van der Waals surface area contributed by atoms with Gasteiger partial charge in [0.15, 0.2) is 0 Å². The molecule has 0 aliphatic carbocycles. The standard InChI is InChI=1S/C22H27N3O2S/c1-13-7-14(2)21(15(3)8-13)27-11-18-9-20(28-12-18)22(26)23-10-19-16(4)24-25(6)17(19)5/h7-9,12H,10-11H2,1-6H3,(H,23,26). The third-order valence-electron chi connectivity index (χ3n) is 4.95. The minimum absolute atomic E-state index is 0.0680. The number of ether oxygens (including phenoxy) is 1. The second-order valence-corrected chi connectivity index (χ2v) is 8.20. The number of nitrogens with zero attached hydrogens (tertiary/aromatic N) is 2. The maximum absolute atomic E-state index is 12.5. The van der Waals surface area contributed by atoms with Crippen LogP contribution in [-0.4, -0.2) is 15.7 Å². The Bertz CT molecular complexity index is 994. The fraction of sp³-hybridized carbons (Fsp3) is 0.364. The van der Waals surface area contributed by atoms with Crippen molar-refractivity contribution in [3.8, 4) is 5.75 Å². The quantitative estimate of drug-likeness (QED) is 0.665. The zero-order chi connectivity index (χ0) is 20.4. The molecule has 0 unspecified atom stereocenters. The van der Waals surface area contributed by atoms with Gasteiger partial charge < -0.3 is 10.1 Å². The van der Waals surface area contributed by atoms with E-state index in [4.69, 9.17) is 4.74 Å². The van der Waals surface area contributed by atoms with Crippen LogP contribution in [0.2, 0.25) is 0 Å². The van der Waals surface area contributed by atoms with Gasteiger partial charge in [-0.15, -0.1) is 11.3 Å². The Labute approximate surface area is 170 Å². The maximum Gasteiger partial charge on any atom is 0.261 e. The summed E-state index contributed by atoms with van der Waals surface area (Å²) in [6.45, 7) is 11.1. The third-order valence-corrected chi connectivity index (χ3v) is 5.93. The van der Waals surface area contributed by atoms with Crippen LogP contribution in [0, 0.1) is 34.6 Å². The Balaban J connectivity index is 1.61. The number of aryl methyl sites for hydroxylation is 5. The van der Waals surface area contributed by atoms with Crippen molar-refractivity contribution in [3.05, 3.63) is 67.7 Å². The van der Waals surface area contributed by atoms with E-state index in [9.17, 15) is 4.79 Å². The number of hydrogen-bond donors (Lipinski definition) is 1. The number of rotatable bonds is 6. The molecule has 0 saturated carbocycles. The molecule has 0 aliphatic rings. The number of nitrogens with one attached hydrogen (secondary N) is 1. The molecule has 1 aromatic carbocycles. The monoisotopic (exact) mass is 397 g/mol. The molecule has 2 heterocycles. The average Bonchev–Trinajstić information content (AvgIpc) is 3.18. The number of amides is 1. The Morgan fingerprint density at radius 1 is 1.14 bits per heavy atom. The van der Waals surface area contributed by atoms with Crippen LogP contribution in [0.4, 0.5) is 0 Å². The van der Waals surface area contributed by atoms with Gasteiger partial charge in [0.2, 0.25) is 0 Å². The molecule has 0 saturated heterocycles. The zero-order valence-corrected chi connectivity index (χ0v) is 18.2. The summed E-state index contributed by atoms with van der Waals surface area (Å²) in [5.74, 6) is 0.854. The number of hydrogen-bond acceptors (Lipinski definition) is 4. The van der Waals surface area contributed by atoms with Crippen molar-refractivity contribution in [1.29, 1.82) is 0 Å². The van der Waals surface area contributed by atoms with Crippen molar-refractivity contribution in [2.24, 2.45) is 7.05 Å².